The quantitative estimate of drug-likeness (QED) is 0.597. The van der Waals surface area contributed by atoms with Gasteiger partial charge in [-0.25, -0.2) is 4.79 Å². The summed E-state index contributed by atoms with van der Waals surface area (Å²) < 4.78 is 15.8. The Balaban J connectivity index is 2.69. The Labute approximate surface area is 155 Å². The fourth-order valence-corrected chi connectivity index (χ4v) is 2.04. The second kappa shape index (κ2) is 10.3. The fraction of sp³-hybridized carbons (Fsp3) is 0.500. The van der Waals surface area contributed by atoms with Crippen LogP contribution in [0.4, 0.5) is 4.79 Å². The molecular formula is C20H27NO5. The molecule has 0 radical (unpaired) electrons. The van der Waals surface area contributed by atoms with Crippen LogP contribution in [-0.2, 0) is 20.7 Å². The minimum atomic E-state index is -0.601. The number of benzene rings is 1. The maximum Gasteiger partial charge on any atom is 0.408 e. The Morgan fingerprint density at radius 1 is 1.19 bits per heavy atom. The molecule has 0 bridgehead atoms. The van der Waals surface area contributed by atoms with E-state index in [1.807, 2.05) is 24.3 Å². The van der Waals surface area contributed by atoms with Gasteiger partial charge in [0, 0.05) is 6.92 Å². The van der Waals surface area contributed by atoms with Crippen LogP contribution < -0.4 is 10.1 Å². The molecule has 1 atom stereocenters. The summed E-state index contributed by atoms with van der Waals surface area (Å²) in [6.07, 6.45) is -0.0607. The summed E-state index contributed by atoms with van der Waals surface area (Å²) in [4.78, 5) is 23.1. The predicted molar refractivity (Wildman–Crippen MR) is 98.9 cm³/mol. The van der Waals surface area contributed by atoms with E-state index in [2.05, 4.69) is 17.2 Å². The standard InChI is InChI=1S/C20H27NO5/c1-6-7-12-24-18-10-8-16(9-11-18)13-17(14-25-15(2)22)21-19(23)26-20(3,4)5/h8-11,17H,12-14H2,1-5H3,(H,21,23). The second-order valence-corrected chi connectivity index (χ2v) is 6.71. The number of carbonyl (C=O) groups is 2. The normalized spacial score (nSPS) is 11.6. The lowest BCUT2D eigenvalue weighted by Gasteiger charge is -2.23. The van der Waals surface area contributed by atoms with Gasteiger partial charge in [-0.15, -0.1) is 5.92 Å². The SMILES string of the molecule is CC#CCOc1ccc(CC(COC(C)=O)NC(=O)OC(C)(C)C)cc1. The third-order valence-corrected chi connectivity index (χ3v) is 3.10. The van der Waals surface area contributed by atoms with E-state index in [-0.39, 0.29) is 6.61 Å². The summed E-state index contributed by atoms with van der Waals surface area (Å²) in [6, 6.07) is 7.07. The summed E-state index contributed by atoms with van der Waals surface area (Å²) in [5, 5.41) is 2.75. The van der Waals surface area contributed by atoms with E-state index in [1.165, 1.54) is 6.92 Å². The molecule has 0 heterocycles. The van der Waals surface area contributed by atoms with Crippen molar-refractivity contribution in [3.63, 3.8) is 0 Å². The average molecular weight is 361 g/mol. The third kappa shape index (κ3) is 9.58. The molecule has 1 amide bonds. The zero-order valence-corrected chi connectivity index (χ0v) is 16.0. The number of ether oxygens (including phenoxy) is 3. The molecule has 1 aromatic carbocycles. The van der Waals surface area contributed by atoms with Crippen molar-refractivity contribution in [2.45, 2.75) is 52.7 Å². The van der Waals surface area contributed by atoms with Gasteiger partial charge in [0.1, 0.15) is 24.6 Å². The number of esters is 1. The van der Waals surface area contributed by atoms with E-state index in [1.54, 1.807) is 27.7 Å². The molecule has 0 aliphatic heterocycles. The third-order valence-electron chi connectivity index (χ3n) is 3.10. The lowest BCUT2D eigenvalue weighted by Crippen LogP contribution is -2.43. The van der Waals surface area contributed by atoms with Gasteiger partial charge in [0.05, 0.1) is 6.04 Å². The van der Waals surface area contributed by atoms with Gasteiger partial charge in [0.2, 0.25) is 0 Å². The van der Waals surface area contributed by atoms with Crippen LogP contribution in [0.3, 0.4) is 0 Å². The van der Waals surface area contributed by atoms with E-state index in [9.17, 15) is 9.59 Å². The Bertz CT molecular complexity index is 650. The first-order valence-electron chi connectivity index (χ1n) is 8.44. The molecule has 0 aliphatic rings. The highest BCUT2D eigenvalue weighted by molar-refractivity contribution is 5.68. The number of amides is 1. The molecule has 0 aromatic heterocycles. The molecule has 0 saturated heterocycles. The molecule has 1 N–H and O–H groups in total. The van der Waals surface area contributed by atoms with E-state index in [0.717, 1.165) is 5.56 Å². The average Bonchev–Trinajstić information content (AvgIpc) is 2.52. The Hall–Kier alpha value is -2.68. The number of alkyl carbamates (subject to hydrolysis) is 1. The molecule has 1 rings (SSSR count). The minimum Gasteiger partial charge on any atom is -0.481 e. The molecule has 26 heavy (non-hydrogen) atoms. The van der Waals surface area contributed by atoms with Crippen molar-refractivity contribution < 1.29 is 23.8 Å². The van der Waals surface area contributed by atoms with Gasteiger partial charge in [-0.2, -0.15) is 0 Å². The van der Waals surface area contributed by atoms with Crippen molar-refractivity contribution in [1.82, 2.24) is 5.32 Å². The van der Waals surface area contributed by atoms with Crippen LogP contribution in [0.5, 0.6) is 5.75 Å². The first-order chi connectivity index (χ1) is 12.2. The van der Waals surface area contributed by atoms with Crippen molar-refractivity contribution in [3.8, 4) is 17.6 Å². The molecular weight excluding hydrogens is 334 g/mol. The van der Waals surface area contributed by atoms with Gasteiger partial charge in [-0.1, -0.05) is 18.1 Å². The van der Waals surface area contributed by atoms with Crippen LogP contribution in [0.15, 0.2) is 24.3 Å². The van der Waals surface area contributed by atoms with Crippen LogP contribution in [-0.4, -0.2) is 36.9 Å². The van der Waals surface area contributed by atoms with Gasteiger partial charge in [-0.3, -0.25) is 4.79 Å². The van der Waals surface area contributed by atoms with Crippen LogP contribution in [0.25, 0.3) is 0 Å². The zero-order chi connectivity index (χ0) is 19.6. The number of hydrogen-bond acceptors (Lipinski definition) is 5. The molecule has 142 valence electrons. The topological polar surface area (TPSA) is 73.9 Å². The van der Waals surface area contributed by atoms with Crippen LogP contribution in [0, 0.1) is 11.8 Å². The smallest absolute Gasteiger partial charge is 0.408 e. The maximum absolute atomic E-state index is 12.0. The zero-order valence-electron chi connectivity index (χ0n) is 16.0. The highest BCUT2D eigenvalue weighted by Gasteiger charge is 2.20. The molecule has 6 heteroatoms. The highest BCUT2D eigenvalue weighted by atomic mass is 16.6. The van der Waals surface area contributed by atoms with Crippen molar-refractivity contribution in [3.05, 3.63) is 29.8 Å². The number of rotatable bonds is 7. The van der Waals surface area contributed by atoms with Gasteiger partial charge in [0.15, 0.2) is 0 Å². The molecule has 0 spiro atoms. The monoisotopic (exact) mass is 361 g/mol. The molecule has 0 aliphatic carbocycles. The van der Waals surface area contributed by atoms with Gasteiger partial charge in [0.25, 0.3) is 0 Å². The number of hydrogen-bond donors (Lipinski definition) is 1. The predicted octanol–water partition coefficient (Wildman–Crippen LogP) is 3.09. The Morgan fingerprint density at radius 3 is 2.38 bits per heavy atom. The lowest BCUT2D eigenvalue weighted by molar-refractivity contribution is -0.141. The first kappa shape index (κ1) is 21.4. The van der Waals surface area contributed by atoms with Crippen LogP contribution >= 0.6 is 0 Å². The lowest BCUT2D eigenvalue weighted by atomic mass is 10.1. The molecule has 1 aromatic rings. The van der Waals surface area contributed by atoms with Gasteiger partial charge in [-0.05, 0) is 51.8 Å². The maximum atomic E-state index is 12.0. The minimum absolute atomic E-state index is 0.0684. The van der Waals surface area contributed by atoms with E-state index >= 15 is 0 Å². The fourth-order valence-electron chi connectivity index (χ4n) is 2.04. The van der Waals surface area contributed by atoms with Crippen molar-refractivity contribution >= 4 is 12.1 Å². The summed E-state index contributed by atoms with van der Waals surface area (Å²) in [7, 11) is 0. The van der Waals surface area contributed by atoms with Gasteiger partial charge >= 0.3 is 12.1 Å². The van der Waals surface area contributed by atoms with E-state index in [0.29, 0.717) is 18.8 Å². The van der Waals surface area contributed by atoms with Crippen molar-refractivity contribution in [1.29, 1.82) is 0 Å². The first-order valence-corrected chi connectivity index (χ1v) is 8.44. The summed E-state index contributed by atoms with van der Waals surface area (Å²) in [6.45, 7) is 8.85. The van der Waals surface area contributed by atoms with Crippen LogP contribution in [0.2, 0.25) is 0 Å². The second-order valence-electron chi connectivity index (χ2n) is 6.71. The molecule has 1 unspecified atom stereocenters. The Kier molecular flexibility index (Phi) is 8.50. The summed E-state index contributed by atoms with van der Waals surface area (Å²) in [5.41, 5.74) is 0.364. The van der Waals surface area contributed by atoms with Crippen LogP contribution in [0.1, 0.15) is 40.2 Å². The van der Waals surface area contributed by atoms with Gasteiger partial charge < -0.3 is 19.5 Å². The molecule has 0 fully saturated rings. The Morgan fingerprint density at radius 2 is 1.85 bits per heavy atom. The summed E-state index contributed by atoms with van der Waals surface area (Å²) >= 11 is 0. The number of nitrogens with one attached hydrogen (secondary N) is 1. The molecule has 6 nitrogen and oxygen atoms in total. The molecule has 0 saturated carbocycles. The van der Waals surface area contributed by atoms with E-state index < -0.39 is 23.7 Å². The summed E-state index contributed by atoms with van der Waals surface area (Å²) in [5.74, 6) is 5.91. The van der Waals surface area contributed by atoms with E-state index in [4.69, 9.17) is 14.2 Å². The highest BCUT2D eigenvalue weighted by Crippen LogP contribution is 2.14. The number of carbonyl (C=O) groups excluding carboxylic acids is 2. The van der Waals surface area contributed by atoms with Crippen molar-refractivity contribution in [2.24, 2.45) is 0 Å². The van der Waals surface area contributed by atoms with Crippen molar-refractivity contribution in [2.75, 3.05) is 13.2 Å². The largest absolute Gasteiger partial charge is 0.481 e.